The van der Waals surface area contributed by atoms with Crippen LogP contribution in [-0.2, 0) is 6.54 Å². The fourth-order valence-electron chi connectivity index (χ4n) is 1.79. The SMILES string of the molecule is Cc1cc(Br)cc(C(=O)N(C)Cc2ccco2)c1. The van der Waals surface area contributed by atoms with E-state index in [2.05, 4.69) is 15.9 Å². The Kier molecular flexibility index (Phi) is 3.87. The first-order valence-corrected chi connectivity index (χ1v) is 6.40. The fraction of sp³-hybridized carbons (Fsp3) is 0.214. The molecule has 1 amide bonds. The predicted molar refractivity (Wildman–Crippen MR) is 73.4 cm³/mol. The average molecular weight is 308 g/mol. The van der Waals surface area contributed by atoms with E-state index in [0.717, 1.165) is 15.8 Å². The molecule has 4 heteroatoms. The Labute approximate surface area is 115 Å². The second kappa shape index (κ2) is 5.40. The number of hydrogen-bond donors (Lipinski definition) is 0. The minimum Gasteiger partial charge on any atom is -0.467 e. The topological polar surface area (TPSA) is 33.5 Å². The number of halogens is 1. The van der Waals surface area contributed by atoms with Gasteiger partial charge >= 0.3 is 0 Å². The van der Waals surface area contributed by atoms with Gasteiger partial charge in [-0.25, -0.2) is 0 Å². The molecule has 0 spiro atoms. The summed E-state index contributed by atoms with van der Waals surface area (Å²) < 4.78 is 6.15. The second-order valence-electron chi connectivity index (χ2n) is 4.26. The van der Waals surface area contributed by atoms with Crippen LogP contribution < -0.4 is 0 Å². The number of amides is 1. The molecule has 1 aromatic carbocycles. The molecule has 0 saturated carbocycles. The molecule has 0 unspecified atom stereocenters. The maximum absolute atomic E-state index is 12.2. The van der Waals surface area contributed by atoms with Gasteiger partial charge in [0.25, 0.3) is 5.91 Å². The number of carbonyl (C=O) groups is 1. The molecule has 0 aliphatic heterocycles. The number of aryl methyl sites for hydroxylation is 1. The summed E-state index contributed by atoms with van der Waals surface area (Å²) in [5.41, 5.74) is 1.73. The van der Waals surface area contributed by atoms with Crippen molar-refractivity contribution in [1.29, 1.82) is 0 Å². The molecule has 94 valence electrons. The van der Waals surface area contributed by atoms with Crippen LogP contribution in [0, 0.1) is 6.92 Å². The van der Waals surface area contributed by atoms with Crippen molar-refractivity contribution in [2.24, 2.45) is 0 Å². The number of hydrogen-bond acceptors (Lipinski definition) is 2. The lowest BCUT2D eigenvalue weighted by molar-refractivity contribution is 0.0775. The Morgan fingerprint density at radius 1 is 1.39 bits per heavy atom. The van der Waals surface area contributed by atoms with Gasteiger partial charge in [0, 0.05) is 17.1 Å². The summed E-state index contributed by atoms with van der Waals surface area (Å²) in [5, 5.41) is 0. The number of nitrogens with zero attached hydrogens (tertiary/aromatic N) is 1. The summed E-state index contributed by atoms with van der Waals surface area (Å²) in [6, 6.07) is 9.36. The maximum atomic E-state index is 12.2. The van der Waals surface area contributed by atoms with Gasteiger partial charge in [0.2, 0.25) is 0 Å². The highest BCUT2D eigenvalue weighted by atomic mass is 79.9. The molecule has 2 rings (SSSR count). The molecule has 2 aromatic rings. The van der Waals surface area contributed by atoms with E-state index in [1.165, 1.54) is 0 Å². The van der Waals surface area contributed by atoms with Crippen molar-refractivity contribution in [3.05, 3.63) is 58.0 Å². The first kappa shape index (κ1) is 12.9. The molecule has 0 bridgehead atoms. The lowest BCUT2D eigenvalue weighted by atomic mass is 10.1. The highest BCUT2D eigenvalue weighted by Crippen LogP contribution is 2.17. The lowest BCUT2D eigenvalue weighted by Crippen LogP contribution is -2.26. The number of carbonyl (C=O) groups excluding carboxylic acids is 1. The van der Waals surface area contributed by atoms with Crippen LogP contribution in [-0.4, -0.2) is 17.9 Å². The molecular weight excluding hydrogens is 294 g/mol. The van der Waals surface area contributed by atoms with Gasteiger partial charge in [-0.1, -0.05) is 15.9 Å². The third kappa shape index (κ3) is 3.01. The molecular formula is C14H14BrNO2. The van der Waals surface area contributed by atoms with Crippen LogP contribution in [0.3, 0.4) is 0 Å². The molecule has 0 atom stereocenters. The summed E-state index contributed by atoms with van der Waals surface area (Å²) in [4.78, 5) is 13.9. The van der Waals surface area contributed by atoms with E-state index in [0.29, 0.717) is 12.1 Å². The summed E-state index contributed by atoms with van der Waals surface area (Å²) in [7, 11) is 1.76. The average Bonchev–Trinajstić information content (AvgIpc) is 2.79. The molecule has 0 saturated heterocycles. The Balaban J connectivity index is 2.15. The zero-order valence-corrected chi connectivity index (χ0v) is 11.9. The zero-order valence-electron chi connectivity index (χ0n) is 10.3. The molecule has 0 radical (unpaired) electrons. The van der Waals surface area contributed by atoms with E-state index in [1.807, 2.05) is 37.3 Å². The standard InChI is InChI=1S/C14H14BrNO2/c1-10-6-11(8-12(15)7-10)14(17)16(2)9-13-4-3-5-18-13/h3-8H,9H2,1-2H3. The van der Waals surface area contributed by atoms with Crippen molar-refractivity contribution in [2.75, 3.05) is 7.05 Å². The minimum atomic E-state index is -0.0178. The van der Waals surface area contributed by atoms with Gasteiger partial charge in [0.05, 0.1) is 12.8 Å². The summed E-state index contributed by atoms with van der Waals surface area (Å²) in [6.45, 7) is 2.44. The van der Waals surface area contributed by atoms with Crippen LogP contribution >= 0.6 is 15.9 Å². The van der Waals surface area contributed by atoms with Gasteiger partial charge in [-0.3, -0.25) is 4.79 Å². The Morgan fingerprint density at radius 2 is 2.17 bits per heavy atom. The molecule has 0 aliphatic rings. The molecule has 3 nitrogen and oxygen atoms in total. The number of benzene rings is 1. The van der Waals surface area contributed by atoms with E-state index >= 15 is 0 Å². The van der Waals surface area contributed by atoms with Crippen molar-refractivity contribution >= 4 is 21.8 Å². The Hall–Kier alpha value is -1.55. The highest BCUT2D eigenvalue weighted by molar-refractivity contribution is 9.10. The molecule has 0 aliphatic carbocycles. The first-order chi connectivity index (χ1) is 8.56. The predicted octanol–water partition coefficient (Wildman–Crippen LogP) is 3.62. The molecule has 1 aromatic heterocycles. The van der Waals surface area contributed by atoms with Crippen molar-refractivity contribution in [2.45, 2.75) is 13.5 Å². The normalized spacial score (nSPS) is 10.4. The summed E-state index contributed by atoms with van der Waals surface area (Å²) in [6.07, 6.45) is 1.61. The molecule has 0 fully saturated rings. The van der Waals surface area contributed by atoms with Crippen molar-refractivity contribution in [1.82, 2.24) is 4.90 Å². The van der Waals surface area contributed by atoms with E-state index in [4.69, 9.17) is 4.42 Å². The van der Waals surface area contributed by atoms with Crippen molar-refractivity contribution < 1.29 is 9.21 Å². The van der Waals surface area contributed by atoms with Crippen LogP contribution in [0.25, 0.3) is 0 Å². The largest absolute Gasteiger partial charge is 0.467 e. The lowest BCUT2D eigenvalue weighted by Gasteiger charge is -2.16. The van der Waals surface area contributed by atoms with Crippen LogP contribution in [0.5, 0.6) is 0 Å². The van der Waals surface area contributed by atoms with Gasteiger partial charge in [0.15, 0.2) is 0 Å². The Bertz CT molecular complexity index is 529. The third-order valence-corrected chi connectivity index (χ3v) is 3.07. The second-order valence-corrected chi connectivity index (χ2v) is 5.17. The van der Waals surface area contributed by atoms with E-state index in [9.17, 15) is 4.79 Å². The van der Waals surface area contributed by atoms with Crippen molar-refractivity contribution in [3.8, 4) is 0 Å². The monoisotopic (exact) mass is 307 g/mol. The first-order valence-electron chi connectivity index (χ1n) is 5.61. The maximum Gasteiger partial charge on any atom is 0.254 e. The molecule has 0 N–H and O–H groups in total. The van der Waals surface area contributed by atoms with Gasteiger partial charge in [0.1, 0.15) is 5.76 Å². The molecule has 1 heterocycles. The smallest absolute Gasteiger partial charge is 0.254 e. The van der Waals surface area contributed by atoms with Crippen LogP contribution in [0.1, 0.15) is 21.7 Å². The fourth-order valence-corrected chi connectivity index (χ4v) is 2.40. The van der Waals surface area contributed by atoms with Crippen LogP contribution in [0.4, 0.5) is 0 Å². The van der Waals surface area contributed by atoms with Gasteiger partial charge in [-0.05, 0) is 42.8 Å². The Morgan fingerprint density at radius 3 is 2.78 bits per heavy atom. The minimum absolute atomic E-state index is 0.0178. The number of furan rings is 1. The zero-order chi connectivity index (χ0) is 13.1. The van der Waals surface area contributed by atoms with Crippen LogP contribution in [0.2, 0.25) is 0 Å². The van der Waals surface area contributed by atoms with Gasteiger partial charge in [-0.15, -0.1) is 0 Å². The summed E-state index contributed by atoms with van der Waals surface area (Å²) in [5.74, 6) is 0.758. The van der Waals surface area contributed by atoms with E-state index in [1.54, 1.807) is 18.2 Å². The van der Waals surface area contributed by atoms with Crippen molar-refractivity contribution in [3.63, 3.8) is 0 Å². The van der Waals surface area contributed by atoms with Crippen LogP contribution in [0.15, 0.2) is 45.5 Å². The van der Waals surface area contributed by atoms with Gasteiger partial charge < -0.3 is 9.32 Å². The van der Waals surface area contributed by atoms with E-state index in [-0.39, 0.29) is 5.91 Å². The molecule has 18 heavy (non-hydrogen) atoms. The third-order valence-electron chi connectivity index (χ3n) is 2.61. The summed E-state index contributed by atoms with van der Waals surface area (Å²) >= 11 is 3.40. The quantitative estimate of drug-likeness (QED) is 0.867. The highest BCUT2D eigenvalue weighted by Gasteiger charge is 2.13. The van der Waals surface area contributed by atoms with Gasteiger partial charge in [-0.2, -0.15) is 0 Å². The van der Waals surface area contributed by atoms with E-state index < -0.39 is 0 Å². The number of rotatable bonds is 3.